The van der Waals surface area contributed by atoms with Crippen LogP contribution in [0.25, 0.3) is 83.5 Å². The number of fused-ring (bicyclic) bond motifs is 6. The first-order valence-electron chi connectivity index (χ1n) is 18.3. The summed E-state index contributed by atoms with van der Waals surface area (Å²) in [5.74, 6) is 0.495. The Morgan fingerprint density at radius 2 is 1.06 bits per heavy atom. The molecule has 0 saturated heterocycles. The van der Waals surface area contributed by atoms with Gasteiger partial charge in [-0.1, -0.05) is 116 Å². The Hall–Kier alpha value is -6.89. The molecule has 10 rings (SSSR count). The number of allylic oxidation sites excluding steroid dienone is 1. The van der Waals surface area contributed by atoms with E-state index in [-0.39, 0.29) is 0 Å². The zero-order valence-corrected chi connectivity index (χ0v) is 29.4. The van der Waals surface area contributed by atoms with E-state index in [0.29, 0.717) is 11.5 Å². The van der Waals surface area contributed by atoms with Crippen LogP contribution in [0.5, 0.6) is 0 Å². The van der Waals surface area contributed by atoms with Crippen molar-refractivity contribution in [3.63, 3.8) is 0 Å². The lowest BCUT2D eigenvalue weighted by atomic mass is 9.92. The molecule has 0 N–H and O–H groups in total. The molecule has 7 aromatic carbocycles. The minimum absolute atomic E-state index is 0.495. The number of hydrogen-bond donors (Lipinski definition) is 0. The van der Waals surface area contributed by atoms with Crippen LogP contribution < -0.4 is 0 Å². The highest BCUT2D eigenvalue weighted by molar-refractivity contribution is 6.10. The highest BCUT2D eigenvalue weighted by Gasteiger charge is 2.22. The van der Waals surface area contributed by atoms with Crippen LogP contribution in [0.3, 0.4) is 0 Å². The summed E-state index contributed by atoms with van der Waals surface area (Å²) in [5.41, 5.74) is 16.3. The minimum Gasteiger partial charge on any atom is -0.310 e. The summed E-state index contributed by atoms with van der Waals surface area (Å²) in [6, 6.07) is 60.9. The zero-order valence-electron chi connectivity index (χ0n) is 29.4. The molecule has 0 bridgehead atoms. The molecule has 0 fully saturated rings. The highest BCUT2D eigenvalue weighted by atomic mass is 15.0. The maximum absolute atomic E-state index is 9.57. The molecular formula is C50H35N3. The number of benzene rings is 7. The Kier molecular flexibility index (Phi) is 7.23. The van der Waals surface area contributed by atoms with E-state index in [4.69, 9.17) is 0 Å². The van der Waals surface area contributed by atoms with Crippen molar-refractivity contribution in [3.8, 4) is 50.8 Å². The quantitative estimate of drug-likeness (QED) is 0.178. The molecule has 9 aromatic rings. The Labute approximate surface area is 308 Å². The number of nitriles is 1. The van der Waals surface area contributed by atoms with Crippen LogP contribution >= 0.6 is 0 Å². The van der Waals surface area contributed by atoms with Crippen molar-refractivity contribution in [1.29, 1.82) is 5.26 Å². The van der Waals surface area contributed by atoms with E-state index < -0.39 is 0 Å². The van der Waals surface area contributed by atoms with Crippen LogP contribution in [-0.2, 0) is 6.42 Å². The third kappa shape index (κ3) is 5.19. The van der Waals surface area contributed by atoms with E-state index in [1.807, 2.05) is 18.2 Å². The van der Waals surface area contributed by atoms with Crippen molar-refractivity contribution in [1.82, 2.24) is 9.13 Å². The predicted molar refractivity (Wildman–Crippen MR) is 221 cm³/mol. The SMILES string of the molecule is CC1C=Cc2c(c3cc(-c4ccc(-c5ccc6c(c5)c5ccccc5n6-c5cccc(C#N)c5)cc4)ccc3n2-c2cccc(-c3ccccc3)c2)C1. The molecule has 0 radical (unpaired) electrons. The van der Waals surface area contributed by atoms with E-state index >= 15 is 0 Å². The fraction of sp³-hybridized carbons (Fsp3) is 0.0600. The van der Waals surface area contributed by atoms with Gasteiger partial charge in [0.15, 0.2) is 0 Å². The second kappa shape index (κ2) is 12.4. The maximum Gasteiger partial charge on any atom is 0.0992 e. The third-order valence-corrected chi connectivity index (χ3v) is 10.9. The first-order chi connectivity index (χ1) is 26.1. The number of hydrogen-bond acceptors (Lipinski definition) is 1. The largest absolute Gasteiger partial charge is 0.310 e. The third-order valence-electron chi connectivity index (χ3n) is 10.9. The molecule has 0 spiro atoms. The van der Waals surface area contributed by atoms with Gasteiger partial charge in [-0.25, -0.2) is 0 Å². The second-order valence-corrected chi connectivity index (χ2v) is 14.2. The maximum atomic E-state index is 9.57. The van der Waals surface area contributed by atoms with Gasteiger partial charge in [0.1, 0.15) is 0 Å². The van der Waals surface area contributed by atoms with E-state index in [0.717, 1.165) is 23.1 Å². The van der Waals surface area contributed by atoms with Gasteiger partial charge < -0.3 is 9.13 Å². The highest BCUT2D eigenvalue weighted by Crippen LogP contribution is 2.39. The summed E-state index contributed by atoms with van der Waals surface area (Å²) in [6.45, 7) is 2.31. The molecule has 2 aromatic heterocycles. The van der Waals surface area contributed by atoms with Crippen molar-refractivity contribution in [2.24, 2.45) is 5.92 Å². The van der Waals surface area contributed by atoms with Gasteiger partial charge in [0.05, 0.1) is 28.2 Å². The smallest absolute Gasteiger partial charge is 0.0992 e. The summed E-state index contributed by atoms with van der Waals surface area (Å²) in [7, 11) is 0. The molecule has 0 aliphatic heterocycles. The number of para-hydroxylation sites is 1. The average molecular weight is 678 g/mol. The molecule has 53 heavy (non-hydrogen) atoms. The van der Waals surface area contributed by atoms with E-state index in [1.165, 1.54) is 72.0 Å². The number of aromatic nitrogens is 2. The van der Waals surface area contributed by atoms with Crippen molar-refractivity contribution in [3.05, 3.63) is 187 Å². The van der Waals surface area contributed by atoms with Gasteiger partial charge in [-0.15, -0.1) is 0 Å². The van der Waals surface area contributed by atoms with Gasteiger partial charge in [0.25, 0.3) is 0 Å². The van der Waals surface area contributed by atoms with Crippen LogP contribution in [0.1, 0.15) is 23.7 Å². The topological polar surface area (TPSA) is 33.6 Å². The molecule has 250 valence electrons. The lowest BCUT2D eigenvalue weighted by molar-refractivity contribution is 0.718. The molecule has 2 heterocycles. The molecule has 3 nitrogen and oxygen atoms in total. The van der Waals surface area contributed by atoms with Gasteiger partial charge in [-0.2, -0.15) is 5.26 Å². The summed E-state index contributed by atoms with van der Waals surface area (Å²) < 4.78 is 4.71. The van der Waals surface area contributed by atoms with E-state index in [2.05, 4.69) is 180 Å². The molecule has 0 saturated carbocycles. The van der Waals surface area contributed by atoms with Crippen molar-refractivity contribution in [2.45, 2.75) is 13.3 Å². The standard InChI is InChI=1S/C50H35N3/c1-33-17-24-48-44(27-33)46-31-40(23-26-50(46)53(48)42-14-8-12-38(29-42)35-10-3-2-4-11-35)37-20-18-36(19-21-37)39-22-25-49-45(30-39)43-15-5-6-16-47(43)52(49)41-13-7-9-34(28-41)32-51/h2-26,28-31,33H,27H2,1H3. The monoisotopic (exact) mass is 677 g/mol. The lowest BCUT2D eigenvalue weighted by Crippen LogP contribution is -2.05. The van der Waals surface area contributed by atoms with Gasteiger partial charge in [0.2, 0.25) is 0 Å². The number of nitrogens with zero attached hydrogens (tertiary/aromatic N) is 3. The average Bonchev–Trinajstić information content (AvgIpc) is 3.73. The molecule has 1 atom stereocenters. The predicted octanol–water partition coefficient (Wildman–Crippen LogP) is 12.8. The fourth-order valence-corrected chi connectivity index (χ4v) is 8.32. The Morgan fingerprint density at radius 3 is 1.81 bits per heavy atom. The van der Waals surface area contributed by atoms with Gasteiger partial charge in [-0.3, -0.25) is 0 Å². The van der Waals surface area contributed by atoms with Crippen LogP contribution in [0.4, 0.5) is 0 Å². The van der Waals surface area contributed by atoms with Crippen LogP contribution in [0.15, 0.2) is 170 Å². The Morgan fingerprint density at radius 1 is 0.491 bits per heavy atom. The van der Waals surface area contributed by atoms with Crippen LogP contribution in [-0.4, -0.2) is 9.13 Å². The second-order valence-electron chi connectivity index (χ2n) is 14.2. The summed E-state index contributed by atoms with van der Waals surface area (Å²) in [5, 5.41) is 13.3. The van der Waals surface area contributed by atoms with Crippen molar-refractivity contribution >= 4 is 38.8 Å². The van der Waals surface area contributed by atoms with E-state index in [9.17, 15) is 5.26 Å². The summed E-state index contributed by atoms with van der Waals surface area (Å²) in [4.78, 5) is 0. The first kappa shape index (κ1) is 30.9. The van der Waals surface area contributed by atoms with E-state index in [1.54, 1.807) is 0 Å². The van der Waals surface area contributed by atoms with Crippen molar-refractivity contribution in [2.75, 3.05) is 0 Å². The molecular weight excluding hydrogens is 643 g/mol. The minimum atomic E-state index is 0.495. The normalized spacial score (nSPS) is 13.8. The summed E-state index contributed by atoms with van der Waals surface area (Å²) in [6.07, 6.45) is 5.70. The Bertz CT molecular complexity index is 2930. The van der Waals surface area contributed by atoms with Crippen molar-refractivity contribution < 1.29 is 0 Å². The fourth-order valence-electron chi connectivity index (χ4n) is 8.32. The van der Waals surface area contributed by atoms with Crippen LogP contribution in [0, 0.1) is 17.2 Å². The molecule has 3 heteroatoms. The summed E-state index contributed by atoms with van der Waals surface area (Å²) >= 11 is 0. The Balaban J connectivity index is 1.03. The lowest BCUT2D eigenvalue weighted by Gasteiger charge is -2.16. The molecule has 1 unspecified atom stereocenters. The van der Waals surface area contributed by atoms with Crippen LogP contribution in [0.2, 0.25) is 0 Å². The first-order valence-corrected chi connectivity index (χ1v) is 18.3. The molecule has 1 aliphatic rings. The van der Waals surface area contributed by atoms with Gasteiger partial charge in [0, 0.05) is 33.2 Å². The molecule has 1 aliphatic carbocycles. The van der Waals surface area contributed by atoms with Gasteiger partial charge >= 0.3 is 0 Å². The molecule has 0 amide bonds. The number of rotatable bonds is 5. The zero-order chi connectivity index (χ0) is 35.5. The van der Waals surface area contributed by atoms with Gasteiger partial charge in [-0.05, 0) is 118 Å².